The highest BCUT2D eigenvalue weighted by Gasteiger charge is 2.31. The lowest BCUT2D eigenvalue weighted by Crippen LogP contribution is -2.38. The van der Waals surface area contributed by atoms with Crippen molar-refractivity contribution in [1.29, 1.82) is 0 Å². The summed E-state index contributed by atoms with van der Waals surface area (Å²) in [7, 11) is 0. The van der Waals surface area contributed by atoms with Crippen molar-refractivity contribution in [3.05, 3.63) is 83.5 Å². The van der Waals surface area contributed by atoms with E-state index >= 15 is 0 Å². The van der Waals surface area contributed by atoms with Gasteiger partial charge in [-0.15, -0.1) is 5.10 Å². The van der Waals surface area contributed by atoms with Crippen LogP contribution in [0.15, 0.2) is 60.7 Å². The number of nitrogens with one attached hydrogen (secondary N) is 1. The van der Waals surface area contributed by atoms with Crippen LogP contribution in [0.5, 0.6) is 5.75 Å². The van der Waals surface area contributed by atoms with Gasteiger partial charge in [0, 0.05) is 0 Å². The van der Waals surface area contributed by atoms with Gasteiger partial charge in [-0.2, -0.15) is 0 Å². The van der Waals surface area contributed by atoms with Gasteiger partial charge in [-0.05, 0) is 48.9 Å². The highest BCUT2D eigenvalue weighted by Crippen LogP contribution is 2.21. The average Bonchev–Trinajstić information content (AvgIpc) is 3.35. The maximum absolute atomic E-state index is 12.7. The van der Waals surface area contributed by atoms with Gasteiger partial charge in [-0.25, -0.2) is 16.0 Å². The molecule has 0 fully saturated rings. The maximum atomic E-state index is 12.7. The van der Waals surface area contributed by atoms with Crippen molar-refractivity contribution >= 4 is 12.1 Å². The number of alkyl carbamates (subject to hydrolysis) is 1. The number of tetrazole rings is 1. The van der Waals surface area contributed by atoms with E-state index < -0.39 is 29.7 Å². The van der Waals surface area contributed by atoms with Crippen molar-refractivity contribution in [3.8, 4) is 5.75 Å². The zero-order valence-corrected chi connectivity index (χ0v) is 21.0. The van der Waals surface area contributed by atoms with Crippen molar-refractivity contribution in [2.45, 2.75) is 51.5 Å². The van der Waals surface area contributed by atoms with Crippen molar-refractivity contribution in [3.63, 3.8) is 0 Å². The molecule has 0 saturated heterocycles. The standard InChI is InChI=1S/C26H30N6O5/c1-26(2,3)37-25(34)28-22(15-23(33)36-17-19-11-7-5-8-12-19)24-29-30-31-32(24)20(16-27-4)18-35-21-13-9-6-10-14-21/h5-14,20,22H,15-18H2,1-3H3,(H,28,34)/t20?,22-/m1/s1. The number of carbonyl (C=O) groups excluding carboxylic acids is 2. The van der Waals surface area contributed by atoms with Crippen LogP contribution in [0, 0.1) is 6.57 Å². The van der Waals surface area contributed by atoms with Crippen LogP contribution in [0.4, 0.5) is 4.79 Å². The van der Waals surface area contributed by atoms with Crippen molar-refractivity contribution < 1.29 is 23.8 Å². The zero-order valence-electron chi connectivity index (χ0n) is 21.0. The van der Waals surface area contributed by atoms with Crippen LogP contribution in [0.2, 0.25) is 0 Å². The van der Waals surface area contributed by atoms with Gasteiger partial charge >= 0.3 is 12.1 Å². The fourth-order valence-electron chi connectivity index (χ4n) is 3.33. The summed E-state index contributed by atoms with van der Waals surface area (Å²) in [5, 5.41) is 14.5. The molecule has 0 bridgehead atoms. The van der Waals surface area contributed by atoms with Gasteiger partial charge in [0.1, 0.15) is 30.6 Å². The van der Waals surface area contributed by atoms with Crippen LogP contribution < -0.4 is 10.1 Å². The molecule has 11 heteroatoms. The van der Waals surface area contributed by atoms with Crippen molar-refractivity contribution in [1.82, 2.24) is 25.5 Å². The molecule has 37 heavy (non-hydrogen) atoms. The Balaban J connectivity index is 1.79. The number of aromatic nitrogens is 4. The molecule has 0 aliphatic carbocycles. The van der Waals surface area contributed by atoms with E-state index in [-0.39, 0.29) is 32.0 Å². The van der Waals surface area contributed by atoms with Crippen LogP contribution in [0.3, 0.4) is 0 Å². The van der Waals surface area contributed by atoms with Gasteiger partial charge in [0.2, 0.25) is 6.54 Å². The number of rotatable bonds is 11. The Morgan fingerprint density at radius 3 is 2.41 bits per heavy atom. The number of ether oxygens (including phenoxy) is 3. The third-order valence-corrected chi connectivity index (χ3v) is 4.97. The van der Waals surface area contributed by atoms with Gasteiger partial charge in [0.15, 0.2) is 11.9 Å². The van der Waals surface area contributed by atoms with E-state index in [2.05, 4.69) is 25.7 Å². The predicted octanol–water partition coefficient (Wildman–Crippen LogP) is 3.91. The van der Waals surface area contributed by atoms with E-state index in [4.69, 9.17) is 20.8 Å². The number of carbonyl (C=O) groups is 2. The number of amides is 1. The fourth-order valence-corrected chi connectivity index (χ4v) is 3.33. The van der Waals surface area contributed by atoms with E-state index in [1.807, 2.05) is 48.5 Å². The van der Waals surface area contributed by atoms with E-state index in [0.717, 1.165) is 5.56 Å². The second kappa shape index (κ2) is 13.0. The summed E-state index contributed by atoms with van der Waals surface area (Å²) in [5.74, 6) is 0.231. The van der Waals surface area contributed by atoms with Crippen LogP contribution in [0.1, 0.15) is 50.7 Å². The molecule has 0 spiro atoms. The Bertz CT molecular complexity index is 1190. The van der Waals surface area contributed by atoms with Crippen LogP contribution in [-0.4, -0.2) is 51.0 Å². The molecule has 3 aromatic rings. The summed E-state index contributed by atoms with van der Waals surface area (Å²) in [6, 6.07) is 16.8. The Hall–Kier alpha value is -4.46. The molecule has 0 saturated carbocycles. The number of benzene rings is 2. The molecular formula is C26H30N6O5. The van der Waals surface area contributed by atoms with Gasteiger partial charge in [-0.1, -0.05) is 48.5 Å². The van der Waals surface area contributed by atoms with Crippen LogP contribution >= 0.6 is 0 Å². The lowest BCUT2D eigenvalue weighted by Gasteiger charge is -2.23. The number of hydrogen-bond acceptors (Lipinski definition) is 8. The first kappa shape index (κ1) is 27.1. The summed E-state index contributed by atoms with van der Waals surface area (Å²) in [6.07, 6.45) is -0.998. The Morgan fingerprint density at radius 2 is 1.76 bits per heavy atom. The normalized spacial score (nSPS) is 12.6. The van der Waals surface area contributed by atoms with Crippen LogP contribution in [0.25, 0.3) is 4.85 Å². The Kier molecular flexibility index (Phi) is 9.55. The second-order valence-electron chi connectivity index (χ2n) is 9.15. The van der Waals surface area contributed by atoms with Gasteiger partial charge in [0.05, 0.1) is 6.42 Å². The molecule has 1 unspecified atom stereocenters. The maximum Gasteiger partial charge on any atom is 0.408 e. The lowest BCUT2D eigenvalue weighted by molar-refractivity contribution is -0.145. The van der Waals surface area contributed by atoms with E-state index in [1.165, 1.54) is 4.68 Å². The zero-order chi connectivity index (χ0) is 26.7. The Labute approximate surface area is 215 Å². The van der Waals surface area contributed by atoms with E-state index in [0.29, 0.717) is 5.75 Å². The van der Waals surface area contributed by atoms with Crippen LogP contribution in [-0.2, 0) is 20.9 Å². The quantitative estimate of drug-likeness (QED) is 0.307. The first-order valence-corrected chi connectivity index (χ1v) is 11.7. The minimum atomic E-state index is -0.974. The molecule has 2 atom stereocenters. The lowest BCUT2D eigenvalue weighted by atomic mass is 10.1. The third-order valence-electron chi connectivity index (χ3n) is 4.97. The number of nitrogens with zero attached hydrogens (tertiary/aromatic N) is 5. The minimum absolute atomic E-state index is 0.0164. The number of esters is 1. The molecule has 1 heterocycles. The Morgan fingerprint density at radius 1 is 1.08 bits per heavy atom. The van der Waals surface area contributed by atoms with Gasteiger partial charge in [-0.3, -0.25) is 4.79 Å². The molecule has 11 nitrogen and oxygen atoms in total. The second-order valence-corrected chi connectivity index (χ2v) is 9.15. The molecule has 1 amide bonds. The molecule has 3 rings (SSSR count). The first-order valence-electron chi connectivity index (χ1n) is 11.7. The predicted molar refractivity (Wildman–Crippen MR) is 133 cm³/mol. The SMILES string of the molecule is [C-]#[N+]CC(COc1ccccc1)n1nnnc1[C@@H](CC(=O)OCc1ccccc1)NC(=O)OC(C)(C)C. The summed E-state index contributed by atoms with van der Waals surface area (Å²) in [6.45, 7) is 12.8. The van der Waals surface area contributed by atoms with Crippen molar-refractivity contribution in [2.75, 3.05) is 13.2 Å². The smallest absolute Gasteiger partial charge is 0.408 e. The summed E-state index contributed by atoms with van der Waals surface area (Å²) < 4.78 is 18.0. The molecule has 1 aromatic heterocycles. The largest absolute Gasteiger partial charge is 0.491 e. The average molecular weight is 507 g/mol. The molecule has 2 aromatic carbocycles. The summed E-state index contributed by atoms with van der Waals surface area (Å²) in [5.41, 5.74) is 0.0670. The van der Waals surface area contributed by atoms with Gasteiger partial charge in [0.25, 0.3) is 0 Å². The molecule has 0 radical (unpaired) electrons. The molecular weight excluding hydrogens is 476 g/mol. The third kappa shape index (κ3) is 8.92. The van der Waals surface area contributed by atoms with Crippen molar-refractivity contribution in [2.24, 2.45) is 0 Å². The molecule has 0 aliphatic heterocycles. The highest BCUT2D eigenvalue weighted by molar-refractivity contribution is 5.73. The summed E-state index contributed by atoms with van der Waals surface area (Å²) in [4.78, 5) is 28.8. The number of hydrogen-bond donors (Lipinski definition) is 1. The molecule has 1 N–H and O–H groups in total. The topological polar surface area (TPSA) is 122 Å². The van der Waals surface area contributed by atoms with E-state index in [9.17, 15) is 9.59 Å². The number of para-hydroxylation sites is 1. The van der Waals surface area contributed by atoms with E-state index in [1.54, 1.807) is 32.9 Å². The first-order chi connectivity index (χ1) is 17.7. The molecule has 194 valence electrons. The summed E-state index contributed by atoms with van der Waals surface area (Å²) >= 11 is 0. The minimum Gasteiger partial charge on any atom is -0.491 e. The monoisotopic (exact) mass is 506 g/mol. The molecule has 0 aliphatic rings. The van der Waals surface area contributed by atoms with Gasteiger partial charge < -0.3 is 24.4 Å². The highest BCUT2D eigenvalue weighted by atomic mass is 16.6. The fraction of sp³-hybridized carbons (Fsp3) is 0.385.